The van der Waals surface area contributed by atoms with Gasteiger partial charge in [-0.25, -0.2) is 0 Å². The first kappa shape index (κ1) is 10.5. The Morgan fingerprint density at radius 3 is 2.77 bits per heavy atom. The van der Waals surface area contributed by atoms with E-state index >= 15 is 0 Å². The molecule has 0 heterocycles. The molecule has 1 aliphatic carbocycles. The van der Waals surface area contributed by atoms with Gasteiger partial charge in [-0.15, -0.1) is 5.92 Å². The van der Waals surface area contributed by atoms with Gasteiger partial charge in [-0.3, -0.25) is 5.32 Å². The quantitative estimate of drug-likeness (QED) is 0.606. The van der Waals surface area contributed by atoms with Crippen LogP contribution in [0.1, 0.15) is 19.8 Å². The number of ether oxygens (including phenoxy) is 1. The van der Waals surface area contributed by atoms with E-state index in [2.05, 4.69) is 17.2 Å². The van der Waals surface area contributed by atoms with Crippen molar-refractivity contribution in [1.82, 2.24) is 5.32 Å². The van der Waals surface area contributed by atoms with Crippen LogP contribution < -0.4 is 11.1 Å². The number of hydrogen-bond acceptors (Lipinski definition) is 3. The topological polar surface area (TPSA) is 47.3 Å². The van der Waals surface area contributed by atoms with Crippen LogP contribution in [-0.2, 0) is 4.74 Å². The molecule has 0 atom stereocenters. The monoisotopic (exact) mass is 182 g/mol. The molecule has 0 aromatic carbocycles. The number of hydrogen-bond donors (Lipinski definition) is 2. The molecular weight excluding hydrogens is 164 g/mol. The Bertz CT molecular complexity index is 211. The van der Waals surface area contributed by atoms with Crippen molar-refractivity contribution in [3.8, 4) is 11.8 Å². The summed E-state index contributed by atoms with van der Waals surface area (Å²) in [6, 6.07) is 0. The van der Waals surface area contributed by atoms with E-state index < -0.39 is 0 Å². The molecule has 13 heavy (non-hydrogen) atoms. The fraction of sp³-hybridized carbons (Fsp3) is 0.800. The van der Waals surface area contributed by atoms with Crippen LogP contribution in [0.2, 0.25) is 0 Å². The van der Waals surface area contributed by atoms with Gasteiger partial charge in [-0.2, -0.15) is 0 Å². The lowest BCUT2D eigenvalue weighted by atomic mass is 9.74. The standard InChI is InChI=1S/C10H18N2O/c1-3-4-5-12-10(8-11)6-9(7-10)13-2/h9,12H,5-8,11H2,1-2H3. The number of rotatable bonds is 4. The lowest BCUT2D eigenvalue weighted by Crippen LogP contribution is -2.62. The second-order valence-corrected chi connectivity index (χ2v) is 3.53. The zero-order valence-corrected chi connectivity index (χ0v) is 8.39. The average Bonchev–Trinajstić information content (AvgIpc) is 2.09. The summed E-state index contributed by atoms with van der Waals surface area (Å²) in [6.07, 6.45) is 2.39. The highest BCUT2D eigenvalue weighted by Crippen LogP contribution is 2.33. The highest BCUT2D eigenvalue weighted by molar-refractivity contribution is 5.06. The maximum atomic E-state index is 5.70. The molecule has 3 N–H and O–H groups in total. The third-order valence-electron chi connectivity index (χ3n) is 2.69. The van der Waals surface area contributed by atoms with Crippen LogP contribution in [0.4, 0.5) is 0 Å². The molecule has 0 unspecified atom stereocenters. The Hall–Kier alpha value is -0.560. The lowest BCUT2D eigenvalue weighted by molar-refractivity contribution is -0.0248. The minimum atomic E-state index is 0.0878. The molecule has 1 saturated carbocycles. The fourth-order valence-electron chi connectivity index (χ4n) is 1.68. The number of methoxy groups -OCH3 is 1. The molecule has 1 fully saturated rings. The normalized spacial score (nSPS) is 31.8. The van der Waals surface area contributed by atoms with Crippen molar-refractivity contribution in [1.29, 1.82) is 0 Å². The van der Waals surface area contributed by atoms with E-state index in [4.69, 9.17) is 10.5 Å². The van der Waals surface area contributed by atoms with E-state index in [1.165, 1.54) is 0 Å². The Balaban J connectivity index is 2.30. The Labute approximate surface area is 80.0 Å². The average molecular weight is 182 g/mol. The Kier molecular flexibility index (Phi) is 3.73. The summed E-state index contributed by atoms with van der Waals surface area (Å²) in [4.78, 5) is 0. The summed E-state index contributed by atoms with van der Waals surface area (Å²) in [5.41, 5.74) is 5.79. The molecule has 3 nitrogen and oxygen atoms in total. The molecule has 3 heteroatoms. The Morgan fingerprint density at radius 1 is 1.62 bits per heavy atom. The lowest BCUT2D eigenvalue weighted by Gasteiger charge is -2.46. The molecule has 1 rings (SSSR count). The van der Waals surface area contributed by atoms with E-state index in [-0.39, 0.29) is 5.54 Å². The molecule has 0 aromatic heterocycles. The largest absolute Gasteiger partial charge is 0.381 e. The predicted octanol–water partition coefficient (Wildman–Crippen LogP) is 0.106. The molecule has 74 valence electrons. The highest BCUT2D eigenvalue weighted by Gasteiger charge is 2.42. The van der Waals surface area contributed by atoms with Gasteiger partial charge >= 0.3 is 0 Å². The minimum Gasteiger partial charge on any atom is -0.381 e. The zero-order chi connectivity index (χ0) is 9.73. The smallest absolute Gasteiger partial charge is 0.0607 e. The predicted molar refractivity (Wildman–Crippen MR) is 53.3 cm³/mol. The van der Waals surface area contributed by atoms with Gasteiger partial charge in [0.15, 0.2) is 0 Å². The summed E-state index contributed by atoms with van der Waals surface area (Å²) in [6.45, 7) is 3.23. The molecule has 1 aliphatic rings. The van der Waals surface area contributed by atoms with E-state index in [1.54, 1.807) is 7.11 Å². The molecule has 0 amide bonds. The summed E-state index contributed by atoms with van der Waals surface area (Å²) in [7, 11) is 1.75. The van der Waals surface area contributed by atoms with Gasteiger partial charge in [0.25, 0.3) is 0 Å². The summed E-state index contributed by atoms with van der Waals surface area (Å²) < 4.78 is 5.22. The van der Waals surface area contributed by atoms with Crippen LogP contribution in [0.15, 0.2) is 0 Å². The summed E-state index contributed by atoms with van der Waals surface area (Å²) in [5, 5.41) is 3.37. The maximum Gasteiger partial charge on any atom is 0.0607 e. The first-order valence-corrected chi connectivity index (χ1v) is 4.64. The van der Waals surface area contributed by atoms with E-state index in [1.807, 2.05) is 6.92 Å². The zero-order valence-electron chi connectivity index (χ0n) is 8.39. The van der Waals surface area contributed by atoms with Gasteiger partial charge in [-0.05, 0) is 19.8 Å². The van der Waals surface area contributed by atoms with Gasteiger partial charge in [0, 0.05) is 19.2 Å². The van der Waals surface area contributed by atoms with Crippen molar-refractivity contribution in [3.05, 3.63) is 0 Å². The van der Waals surface area contributed by atoms with Crippen molar-refractivity contribution in [2.24, 2.45) is 5.73 Å². The molecule has 0 saturated heterocycles. The van der Waals surface area contributed by atoms with Crippen LogP contribution in [0.3, 0.4) is 0 Å². The van der Waals surface area contributed by atoms with E-state index in [0.717, 1.165) is 19.4 Å². The van der Waals surface area contributed by atoms with Crippen molar-refractivity contribution in [3.63, 3.8) is 0 Å². The van der Waals surface area contributed by atoms with Crippen molar-refractivity contribution < 1.29 is 4.74 Å². The molecular formula is C10H18N2O. The van der Waals surface area contributed by atoms with Crippen molar-refractivity contribution in [2.75, 3.05) is 20.2 Å². The fourth-order valence-corrected chi connectivity index (χ4v) is 1.68. The third-order valence-corrected chi connectivity index (χ3v) is 2.69. The molecule has 0 spiro atoms. The summed E-state index contributed by atoms with van der Waals surface area (Å²) >= 11 is 0. The molecule has 0 aliphatic heterocycles. The van der Waals surface area contributed by atoms with Crippen LogP contribution in [-0.4, -0.2) is 31.8 Å². The first-order chi connectivity index (χ1) is 6.26. The van der Waals surface area contributed by atoms with Crippen LogP contribution in [0.5, 0.6) is 0 Å². The first-order valence-electron chi connectivity index (χ1n) is 4.64. The Morgan fingerprint density at radius 2 is 2.31 bits per heavy atom. The van der Waals surface area contributed by atoms with Gasteiger partial charge in [0.2, 0.25) is 0 Å². The van der Waals surface area contributed by atoms with Gasteiger partial charge in [0.05, 0.1) is 12.6 Å². The highest BCUT2D eigenvalue weighted by atomic mass is 16.5. The second kappa shape index (κ2) is 4.61. The van der Waals surface area contributed by atoms with Crippen molar-refractivity contribution in [2.45, 2.75) is 31.4 Å². The van der Waals surface area contributed by atoms with Crippen molar-refractivity contribution >= 4 is 0 Å². The SMILES string of the molecule is CC#CCNC1(CN)CC(OC)C1. The van der Waals surface area contributed by atoms with E-state index in [0.29, 0.717) is 12.6 Å². The van der Waals surface area contributed by atoms with Crippen LogP contribution in [0.25, 0.3) is 0 Å². The molecule has 0 bridgehead atoms. The van der Waals surface area contributed by atoms with Crippen LogP contribution >= 0.6 is 0 Å². The maximum absolute atomic E-state index is 5.70. The van der Waals surface area contributed by atoms with Crippen LogP contribution in [0, 0.1) is 11.8 Å². The minimum absolute atomic E-state index is 0.0878. The summed E-state index contributed by atoms with van der Waals surface area (Å²) in [5.74, 6) is 5.84. The number of nitrogens with one attached hydrogen (secondary N) is 1. The number of nitrogens with two attached hydrogens (primary N) is 1. The second-order valence-electron chi connectivity index (χ2n) is 3.53. The van der Waals surface area contributed by atoms with E-state index in [9.17, 15) is 0 Å². The van der Waals surface area contributed by atoms with Gasteiger partial charge < -0.3 is 10.5 Å². The molecule has 0 radical (unpaired) electrons. The molecule has 0 aromatic rings. The third kappa shape index (κ3) is 2.44. The van der Waals surface area contributed by atoms with Gasteiger partial charge in [-0.1, -0.05) is 5.92 Å². The van der Waals surface area contributed by atoms with Gasteiger partial charge in [0.1, 0.15) is 0 Å².